The van der Waals surface area contributed by atoms with Gasteiger partial charge in [0.05, 0.1) is 0 Å². The van der Waals surface area contributed by atoms with Crippen molar-refractivity contribution in [3.8, 4) is 22.9 Å². The summed E-state index contributed by atoms with van der Waals surface area (Å²) >= 11 is 0. The maximum Gasteiger partial charge on any atom is 0.387 e. The lowest BCUT2D eigenvalue weighted by atomic mass is 10.1. The van der Waals surface area contributed by atoms with Gasteiger partial charge in [-0.2, -0.15) is 17.6 Å². The summed E-state index contributed by atoms with van der Waals surface area (Å²) in [5, 5.41) is 2.59. The monoisotopic (exact) mass is 463 g/mol. The molecule has 0 fully saturated rings. The number of hydrogen-bond donors (Lipinski definition) is 2. The number of aromatic amines is 1. The highest BCUT2D eigenvalue weighted by Gasteiger charge is 2.12. The number of hydrogen-bond acceptors (Lipinski definition) is 5. The van der Waals surface area contributed by atoms with Crippen LogP contribution in [0.15, 0.2) is 59.4 Å². The van der Waals surface area contributed by atoms with Gasteiger partial charge in [0.1, 0.15) is 17.3 Å². The minimum absolute atomic E-state index is 0.0438. The van der Waals surface area contributed by atoms with Crippen LogP contribution in [0.4, 0.5) is 23.2 Å². The van der Waals surface area contributed by atoms with Crippen molar-refractivity contribution in [2.75, 3.05) is 5.32 Å². The Morgan fingerprint density at radius 2 is 1.82 bits per heavy atom. The second-order valence-corrected chi connectivity index (χ2v) is 6.60. The van der Waals surface area contributed by atoms with Gasteiger partial charge in [0.15, 0.2) is 0 Å². The average molecular weight is 463 g/mol. The fourth-order valence-electron chi connectivity index (χ4n) is 2.84. The fraction of sp³-hybridized carbons (Fsp3) is 0.136. The Balaban J connectivity index is 1.77. The Labute approximate surface area is 184 Å². The van der Waals surface area contributed by atoms with Gasteiger partial charge in [-0.1, -0.05) is 12.1 Å². The van der Waals surface area contributed by atoms with E-state index in [9.17, 15) is 27.2 Å². The van der Waals surface area contributed by atoms with Crippen LogP contribution in [0.2, 0.25) is 0 Å². The molecule has 7 nitrogen and oxygen atoms in total. The molecular formula is C22H17F4N3O4. The van der Waals surface area contributed by atoms with Crippen LogP contribution in [0.25, 0.3) is 17.5 Å². The zero-order chi connectivity index (χ0) is 24.0. The first kappa shape index (κ1) is 23.5. The highest BCUT2D eigenvalue weighted by Crippen LogP contribution is 2.28. The number of carbonyl (C=O) groups excluding carboxylic acids is 1. The van der Waals surface area contributed by atoms with Gasteiger partial charge in [0, 0.05) is 40.7 Å². The molecule has 0 bridgehead atoms. The molecule has 33 heavy (non-hydrogen) atoms. The maximum atomic E-state index is 12.7. The Morgan fingerprint density at radius 3 is 2.52 bits per heavy atom. The number of ether oxygens (including phenoxy) is 2. The van der Waals surface area contributed by atoms with Crippen molar-refractivity contribution in [1.82, 2.24) is 9.97 Å². The first-order valence-electron chi connectivity index (χ1n) is 9.41. The van der Waals surface area contributed by atoms with Crippen LogP contribution in [0.1, 0.15) is 11.3 Å². The third-order valence-corrected chi connectivity index (χ3v) is 4.11. The molecular weight excluding hydrogens is 446 g/mol. The van der Waals surface area contributed by atoms with Gasteiger partial charge in [-0.25, -0.2) is 4.98 Å². The van der Waals surface area contributed by atoms with E-state index in [0.717, 1.165) is 18.2 Å². The number of H-pyrrole nitrogens is 1. The lowest BCUT2D eigenvalue weighted by Gasteiger charge is -2.11. The molecule has 2 aromatic carbocycles. The second kappa shape index (κ2) is 10.4. The van der Waals surface area contributed by atoms with E-state index < -0.39 is 24.9 Å². The van der Waals surface area contributed by atoms with Gasteiger partial charge in [0.2, 0.25) is 5.91 Å². The molecule has 0 aliphatic carbocycles. The number of halogens is 4. The highest BCUT2D eigenvalue weighted by atomic mass is 19.3. The summed E-state index contributed by atoms with van der Waals surface area (Å²) in [6.45, 7) is -4.68. The topological polar surface area (TPSA) is 93.3 Å². The predicted octanol–water partition coefficient (Wildman–Crippen LogP) is 4.60. The molecule has 1 aromatic heterocycles. The van der Waals surface area contributed by atoms with Gasteiger partial charge in [-0.15, -0.1) is 0 Å². The summed E-state index contributed by atoms with van der Waals surface area (Å²) in [7, 11) is 0. The molecule has 1 heterocycles. The summed E-state index contributed by atoms with van der Waals surface area (Å²) in [5.41, 5.74) is 1.19. The number of nitrogens with one attached hydrogen (secondary N) is 2. The Hall–Kier alpha value is -4.15. The number of alkyl halides is 4. The molecule has 3 aromatic rings. The Bertz CT molecular complexity index is 1230. The largest absolute Gasteiger partial charge is 0.435 e. The van der Waals surface area contributed by atoms with Crippen LogP contribution in [0.3, 0.4) is 0 Å². The fourth-order valence-corrected chi connectivity index (χ4v) is 2.84. The van der Waals surface area contributed by atoms with Crippen molar-refractivity contribution >= 4 is 17.7 Å². The minimum Gasteiger partial charge on any atom is -0.435 e. The molecule has 0 unspecified atom stereocenters. The van der Waals surface area contributed by atoms with E-state index in [4.69, 9.17) is 0 Å². The van der Waals surface area contributed by atoms with Crippen molar-refractivity contribution in [3.63, 3.8) is 0 Å². The summed E-state index contributed by atoms with van der Waals surface area (Å²) in [6.07, 6.45) is 2.24. The number of rotatable bonds is 8. The minimum atomic E-state index is -3.21. The van der Waals surface area contributed by atoms with Crippen LogP contribution >= 0.6 is 0 Å². The number of carbonyl (C=O) groups is 1. The normalized spacial score (nSPS) is 11.2. The number of aromatic nitrogens is 2. The summed E-state index contributed by atoms with van der Waals surface area (Å²) in [5.74, 6) is -1.09. The first-order valence-corrected chi connectivity index (χ1v) is 9.41. The van der Waals surface area contributed by atoms with Crippen molar-refractivity contribution < 1.29 is 31.8 Å². The van der Waals surface area contributed by atoms with Gasteiger partial charge in [0.25, 0.3) is 5.56 Å². The molecule has 0 radical (unpaired) electrons. The van der Waals surface area contributed by atoms with Crippen molar-refractivity contribution in [2.45, 2.75) is 20.1 Å². The quantitative estimate of drug-likeness (QED) is 0.376. The zero-order valence-electron chi connectivity index (χ0n) is 17.0. The molecule has 0 aliphatic rings. The van der Waals surface area contributed by atoms with E-state index in [1.54, 1.807) is 31.2 Å². The average Bonchev–Trinajstić information content (AvgIpc) is 2.72. The van der Waals surface area contributed by atoms with Crippen LogP contribution in [-0.4, -0.2) is 29.1 Å². The van der Waals surface area contributed by atoms with Crippen LogP contribution < -0.4 is 20.3 Å². The molecule has 2 N–H and O–H groups in total. The van der Waals surface area contributed by atoms with E-state index in [1.807, 2.05) is 0 Å². The van der Waals surface area contributed by atoms with E-state index in [-0.39, 0.29) is 16.9 Å². The van der Waals surface area contributed by atoms with E-state index in [1.165, 1.54) is 18.2 Å². The second-order valence-electron chi connectivity index (χ2n) is 6.60. The lowest BCUT2D eigenvalue weighted by molar-refractivity contribution is -0.111. The van der Waals surface area contributed by atoms with Gasteiger partial charge >= 0.3 is 13.2 Å². The number of nitrogens with zero attached hydrogens (tertiary/aromatic N) is 1. The molecule has 0 atom stereocenters. The van der Waals surface area contributed by atoms with Crippen LogP contribution in [0.5, 0.6) is 11.5 Å². The van der Waals surface area contributed by atoms with Crippen molar-refractivity contribution in [1.29, 1.82) is 0 Å². The molecule has 0 spiro atoms. The van der Waals surface area contributed by atoms with E-state index >= 15 is 0 Å². The van der Waals surface area contributed by atoms with E-state index in [2.05, 4.69) is 24.8 Å². The van der Waals surface area contributed by atoms with Crippen molar-refractivity contribution in [3.05, 3.63) is 76.2 Å². The summed E-state index contributed by atoms with van der Waals surface area (Å²) in [4.78, 5) is 30.8. The molecule has 0 saturated heterocycles. The SMILES string of the molecule is Cc1cc(=O)[nH]c(-c2cccc(NC(=O)/C=C/c3ccc(OC(F)F)cc3OC(F)F)c2)n1. The Morgan fingerprint density at radius 1 is 1.06 bits per heavy atom. The third-order valence-electron chi connectivity index (χ3n) is 4.11. The van der Waals surface area contributed by atoms with Gasteiger partial charge in [-0.3, -0.25) is 9.59 Å². The molecule has 0 saturated carbocycles. The number of benzene rings is 2. The molecule has 172 valence electrons. The smallest absolute Gasteiger partial charge is 0.387 e. The number of amides is 1. The summed E-state index contributed by atoms with van der Waals surface area (Å²) < 4.78 is 58.5. The molecule has 1 amide bonds. The highest BCUT2D eigenvalue weighted by molar-refractivity contribution is 6.02. The van der Waals surface area contributed by atoms with Crippen LogP contribution in [-0.2, 0) is 4.79 Å². The van der Waals surface area contributed by atoms with Crippen LogP contribution in [0, 0.1) is 6.92 Å². The predicted molar refractivity (Wildman–Crippen MR) is 112 cm³/mol. The number of aryl methyl sites for hydroxylation is 1. The van der Waals surface area contributed by atoms with Gasteiger partial charge in [-0.05, 0) is 37.3 Å². The zero-order valence-corrected chi connectivity index (χ0v) is 17.0. The van der Waals surface area contributed by atoms with Crippen molar-refractivity contribution in [2.24, 2.45) is 0 Å². The Kier molecular flexibility index (Phi) is 7.44. The number of anilines is 1. The first-order chi connectivity index (χ1) is 15.7. The third kappa shape index (κ3) is 6.92. The lowest BCUT2D eigenvalue weighted by Crippen LogP contribution is -2.10. The standard InChI is InChI=1S/C22H17F4N3O4/c1-12-9-19(31)29-20(27-12)14-3-2-4-15(10-14)28-18(30)8-6-13-5-7-16(32-21(23)24)11-17(13)33-22(25)26/h2-11,21-22H,1H3,(H,28,30)(H,27,29,31)/b8-6+. The molecule has 3 rings (SSSR count). The summed E-state index contributed by atoms with van der Waals surface area (Å²) in [6, 6.07) is 11.1. The van der Waals surface area contributed by atoms with Gasteiger partial charge < -0.3 is 19.8 Å². The maximum absolute atomic E-state index is 12.7. The van der Waals surface area contributed by atoms with E-state index in [0.29, 0.717) is 22.8 Å². The molecule has 0 aliphatic heterocycles. The molecule has 11 heteroatoms.